The van der Waals surface area contributed by atoms with E-state index in [4.69, 9.17) is 4.74 Å². The molecule has 1 aromatic heterocycles. The summed E-state index contributed by atoms with van der Waals surface area (Å²) in [5.41, 5.74) is 0.923. The molecule has 0 bridgehead atoms. The molecule has 0 aromatic carbocycles. The lowest BCUT2D eigenvalue weighted by Crippen LogP contribution is -2.27. The fraction of sp³-hybridized carbons (Fsp3) is 0.692. The summed E-state index contributed by atoms with van der Waals surface area (Å²) in [5, 5.41) is 11.3. The molecule has 4 heteroatoms. The van der Waals surface area contributed by atoms with E-state index in [-0.39, 0.29) is 0 Å². The lowest BCUT2D eigenvalue weighted by atomic mass is 9.93. The summed E-state index contributed by atoms with van der Waals surface area (Å²) in [6, 6.07) is 3.81. The summed E-state index contributed by atoms with van der Waals surface area (Å²) in [7, 11) is 0. The average Bonchev–Trinajstić information content (AvgIpc) is 2.38. The molecule has 17 heavy (non-hydrogen) atoms. The molecule has 0 radical (unpaired) electrons. The number of nitrogens with zero attached hydrogens (tertiary/aromatic N) is 2. The third kappa shape index (κ3) is 4.30. The molecule has 0 unspecified atom stereocenters. The average molecular weight is 235 g/mol. The fourth-order valence-electron chi connectivity index (χ4n) is 2.18. The van der Waals surface area contributed by atoms with Crippen LogP contribution >= 0.6 is 0 Å². The molecule has 1 N–H and O–H groups in total. The van der Waals surface area contributed by atoms with Crippen molar-refractivity contribution in [2.75, 3.05) is 19.7 Å². The first-order valence-corrected chi connectivity index (χ1v) is 6.48. The first-order valence-electron chi connectivity index (χ1n) is 6.48. The van der Waals surface area contributed by atoms with Gasteiger partial charge in [-0.05, 0) is 57.7 Å². The zero-order valence-electron chi connectivity index (χ0n) is 10.5. The van der Waals surface area contributed by atoms with Crippen molar-refractivity contribution in [2.45, 2.75) is 32.6 Å². The van der Waals surface area contributed by atoms with Crippen molar-refractivity contribution in [1.29, 1.82) is 0 Å². The minimum absolute atomic E-state index is 0.640. The second-order valence-electron chi connectivity index (χ2n) is 4.70. The Morgan fingerprint density at radius 3 is 2.82 bits per heavy atom. The summed E-state index contributed by atoms with van der Waals surface area (Å²) in [6.45, 7) is 5.03. The molecular formula is C13H21N3O. The number of aromatic nitrogens is 2. The number of hydrogen-bond acceptors (Lipinski definition) is 4. The molecule has 4 nitrogen and oxygen atoms in total. The van der Waals surface area contributed by atoms with Crippen LogP contribution in [0.25, 0.3) is 0 Å². The highest BCUT2D eigenvalue weighted by atomic mass is 16.5. The summed E-state index contributed by atoms with van der Waals surface area (Å²) in [6.07, 6.45) is 5.00. The Labute approximate surface area is 103 Å². The maximum absolute atomic E-state index is 5.56. The van der Waals surface area contributed by atoms with Crippen molar-refractivity contribution in [3.05, 3.63) is 17.8 Å². The van der Waals surface area contributed by atoms with Crippen molar-refractivity contribution >= 4 is 0 Å². The number of aryl methyl sites for hydroxylation is 1. The number of hydrogen-bond donors (Lipinski definition) is 1. The van der Waals surface area contributed by atoms with Crippen LogP contribution in [0.5, 0.6) is 5.88 Å². The Balaban J connectivity index is 1.60. The van der Waals surface area contributed by atoms with E-state index >= 15 is 0 Å². The van der Waals surface area contributed by atoms with Gasteiger partial charge >= 0.3 is 0 Å². The van der Waals surface area contributed by atoms with E-state index in [9.17, 15) is 0 Å². The Hall–Kier alpha value is -1.16. The zero-order valence-corrected chi connectivity index (χ0v) is 10.5. The van der Waals surface area contributed by atoms with Crippen LogP contribution in [0.2, 0.25) is 0 Å². The van der Waals surface area contributed by atoms with Crippen molar-refractivity contribution in [3.8, 4) is 5.88 Å². The van der Waals surface area contributed by atoms with Crippen LogP contribution in [-0.2, 0) is 0 Å². The normalized spacial score (nSPS) is 17.0. The number of piperidine rings is 1. The van der Waals surface area contributed by atoms with Crippen LogP contribution in [-0.4, -0.2) is 29.9 Å². The van der Waals surface area contributed by atoms with Gasteiger partial charge in [0.2, 0.25) is 5.88 Å². The topological polar surface area (TPSA) is 47.0 Å². The van der Waals surface area contributed by atoms with Crippen LogP contribution in [0, 0.1) is 12.8 Å². The molecule has 2 rings (SSSR count). The summed E-state index contributed by atoms with van der Waals surface area (Å²) >= 11 is 0. The third-order valence-corrected chi connectivity index (χ3v) is 3.24. The van der Waals surface area contributed by atoms with Crippen LogP contribution in [0.1, 0.15) is 31.4 Å². The van der Waals surface area contributed by atoms with E-state index in [1.807, 2.05) is 19.1 Å². The molecule has 1 saturated heterocycles. The van der Waals surface area contributed by atoms with Crippen LogP contribution in [0.15, 0.2) is 12.1 Å². The third-order valence-electron chi connectivity index (χ3n) is 3.24. The van der Waals surface area contributed by atoms with Crippen molar-refractivity contribution < 1.29 is 4.74 Å². The van der Waals surface area contributed by atoms with Crippen LogP contribution in [0.4, 0.5) is 0 Å². The maximum Gasteiger partial charge on any atom is 0.233 e. The highest BCUT2D eigenvalue weighted by Crippen LogP contribution is 2.17. The molecular weight excluding hydrogens is 214 g/mol. The lowest BCUT2D eigenvalue weighted by molar-refractivity contribution is 0.264. The quantitative estimate of drug-likeness (QED) is 0.792. The molecule has 0 atom stereocenters. The van der Waals surface area contributed by atoms with Gasteiger partial charge in [0.15, 0.2) is 0 Å². The van der Waals surface area contributed by atoms with E-state index < -0.39 is 0 Å². The summed E-state index contributed by atoms with van der Waals surface area (Å²) < 4.78 is 5.56. The van der Waals surface area contributed by atoms with E-state index in [0.717, 1.165) is 24.6 Å². The van der Waals surface area contributed by atoms with E-state index in [1.54, 1.807) is 0 Å². The molecule has 1 aliphatic heterocycles. The predicted octanol–water partition coefficient (Wildman–Crippen LogP) is 1.94. The van der Waals surface area contributed by atoms with Gasteiger partial charge in [0.05, 0.1) is 12.3 Å². The largest absolute Gasteiger partial charge is 0.477 e. The van der Waals surface area contributed by atoms with E-state index in [1.165, 1.54) is 32.4 Å². The van der Waals surface area contributed by atoms with Crippen LogP contribution < -0.4 is 10.1 Å². The van der Waals surface area contributed by atoms with Gasteiger partial charge in [-0.15, -0.1) is 5.10 Å². The van der Waals surface area contributed by atoms with Gasteiger partial charge in [-0.3, -0.25) is 0 Å². The number of ether oxygens (including phenoxy) is 1. The molecule has 1 fully saturated rings. The minimum Gasteiger partial charge on any atom is -0.477 e. The van der Waals surface area contributed by atoms with Gasteiger partial charge in [0.1, 0.15) is 0 Å². The number of rotatable bonds is 5. The summed E-state index contributed by atoms with van der Waals surface area (Å²) in [5.74, 6) is 1.52. The first kappa shape index (κ1) is 12.3. The SMILES string of the molecule is Cc1ccc(OCCCC2CCNCC2)nn1. The van der Waals surface area contributed by atoms with Crippen molar-refractivity contribution in [2.24, 2.45) is 5.92 Å². The van der Waals surface area contributed by atoms with Gasteiger partial charge in [-0.25, -0.2) is 0 Å². The van der Waals surface area contributed by atoms with Crippen molar-refractivity contribution in [1.82, 2.24) is 15.5 Å². The van der Waals surface area contributed by atoms with E-state index in [2.05, 4.69) is 15.5 Å². The second-order valence-corrected chi connectivity index (χ2v) is 4.70. The van der Waals surface area contributed by atoms with Crippen LogP contribution in [0.3, 0.4) is 0 Å². The number of nitrogens with one attached hydrogen (secondary N) is 1. The van der Waals surface area contributed by atoms with Gasteiger partial charge in [0, 0.05) is 6.07 Å². The monoisotopic (exact) mass is 235 g/mol. The molecule has 1 aromatic rings. The lowest BCUT2D eigenvalue weighted by Gasteiger charge is -2.22. The Morgan fingerprint density at radius 2 is 2.12 bits per heavy atom. The molecule has 0 aliphatic carbocycles. The molecule has 1 aliphatic rings. The van der Waals surface area contributed by atoms with Gasteiger partial charge in [-0.2, -0.15) is 5.10 Å². The zero-order chi connectivity index (χ0) is 11.9. The van der Waals surface area contributed by atoms with Gasteiger partial charge in [0.25, 0.3) is 0 Å². The predicted molar refractivity (Wildman–Crippen MR) is 67.1 cm³/mol. The maximum atomic E-state index is 5.56. The standard InChI is InChI=1S/C13H21N3O/c1-11-4-5-13(16-15-11)17-10-2-3-12-6-8-14-9-7-12/h4-5,12,14H,2-3,6-10H2,1H3. The highest BCUT2D eigenvalue weighted by Gasteiger charge is 2.12. The molecule has 2 heterocycles. The Bertz CT molecular complexity index is 320. The Kier molecular flexibility index (Phi) is 4.74. The Morgan fingerprint density at radius 1 is 1.29 bits per heavy atom. The highest BCUT2D eigenvalue weighted by molar-refractivity contribution is 5.09. The first-order chi connectivity index (χ1) is 8.34. The molecule has 0 spiro atoms. The smallest absolute Gasteiger partial charge is 0.233 e. The van der Waals surface area contributed by atoms with Crippen molar-refractivity contribution in [3.63, 3.8) is 0 Å². The molecule has 0 amide bonds. The van der Waals surface area contributed by atoms with Gasteiger partial charge < -0.3 is 10.1 Å². The summed E-state index contributed by atoms with van der Waals surface area (Å²) in [4.78, 5) is 0. The minimum atomic E-state index is 0.640. The second kappa shape index (κ2) is 6.55. The fourth-order valence-corrected chi connectivity index (χ4v) is 2.18. The molecule has 94 valence electrons. The molecule has 0 saturated carbocycles. The van der Waals surface area contributed by atoms with E-state index in [0.29, 0.717) is 5.88 Å². The van der Waals surface area contributed by atoms with Gasteiger partial charge in [-0.1, -0.05) is 0 Å².